The van der Waals surface area contributed by atoms with Crippen LogP contribution in [0.25, 0.3) is 0 Å². The van der Waals surface area contributed by atoms with Crippen molar-refractivity contribution in [3.05, 3.63) is 39.0 Å². The van der Waals surface area contributed by atoms with Gasteiger partial charge < -0.3 is 5.32 Å². The van der Waals surface area contributed by atoms with Crippen LogP contribution in [0.3, 0.4) is 0 Å². The number of nitrogens with one attached hydrogen (secondary N) is 3. The highest BCUT2D eigenvalue weighted by atomic mass is 79.9. The molecule has 0 spiro atoms. The van der Waals surface area contributed by atoms with Crippen molar-refractivity contribution in [3.8, 4) is 0 Å². The molecule has 2 rings (SSSR count). The summed E-state index contributed by atoms with van der Waals surface area (Å²) >= 11 is 9.30. The summed E-state index contributed by atoms with van der Waals surface area (Å²) in [6.45, 7) is 2.16. The van der Waals surface area contributed by atoms with Gasteiger partial charge in [0.05, 0.1) is 10.7 Å². The van der Waals surface area contributed by atoms with Gasteiger partial charge in [0.15, 0.2) is 0 Å². The molecule has 0 atom stereocenters. The molecule has 0 bridgehead atoms. The van der Waals surface area contributed by atoms with Crippen LogP contribution in [0.15, 0.2) is 27.7 Å². The molecule has 1 aromatic carbocycles. The van der Waals surface area contributed by atoms with Gasteiger partial charge in [-0.15, -0.1) is 0 Å². The third kappa shape index (κ3) is 3.57. The lowest BCUT2D eigenvalue weighted by Crippen LogP contribution is -2.17. The standard InChI is InChI=1S/C12H14BrClN4O2S/c1-7-9(6-15-2)12(17-16-7)21(19,20)18-11-4-3-8(13)5-10(11)14/h3-5,15,18H,6H2,1-2H3,(H,16,17). The molecule has 0 unspecified atom stereocenters. The molecule has 114 valence electrons. The summed E-state index contributed by atoms with van der Waals surface area (Å²) < 4.78 is 28.1. The fourth-order valence-electron chi connectivity index (χ4n) is 1.80. The van der Waals surface area contributed by atoms with Crippen molar-refractivity contribution in [2.45, 2.75) is 18.5 Å². The third-order valence-electron chi connectivity index (χ3n) is 2.82. The molecule has 9 heteroatoms. The molecule has 1 heterocycles. The number of sulfonamides is 1. The van der Waals surface area contributed by atoms with Crippen molar-refractivity contribution < 1.29 is 8.42 Å². The van der Waals surface area contributed by atoms with E-state index in [-0.39, 0.29) is 5.03 Å². The lowest BCUT2D eigenvalue weighted by Gasteiger charge is -2.09. The van der Waals surface area contributed by atoms with Crippen LogP contribution < -0.4 is 10.0 Å². The van der Waals surface area contributed by atoms with E-state index in [1.807, 2.05) is 0 Å². The Morgan fingerprint density at radius 2 is 2.14 bits per heavy atom. The molecular formula is C12H14BrClN4O2S. The van der Waals surface area contributed by atoms with Gasteiger partial charge in [0.1, 0.15) is 0 Å². The van der Waals surface area contributed by atoms with E-state index in [0.717, 1.165) is 4.47 Å². The summed E-state index contributed by atoms with van der Waals surface area (Å²) in [4.78, 5) is 0. The lowest BCUT2D eigenvalue weighted by molar-refractivity contribution is 0.595. The molecule has 0 aliphatic carbocycles. The van der Waals surface area contributed by atoms with Crippen LogP contribution in [0.5, 0.6) is 0 Å². The van der Waals surface area contributed by atoms with E-state index in [1.54, 1.807) is 32.2 Å². The van der Waals surface area contributed by atoms with Gasteiger partial charge in [-0.1, -0.05) is 27.5 Å². The number of halogens is 2. The smallest absolute Gasteiger partial charge is 0.281 e. The quantitative estimate of drug-likeness (QED) is 0.729. The molecule has 0 saturated carbocycles. The largest absolute Gasteiger partial charge is 0.316 e. The van der Waals surface area contributed by atoms with Gasteiger partial charge in [0.2, 0.25) is 5.03 Å². The van der Waals surface area contributed by atoms with E-state index >= 15 is 0 Å². The SMILES string of the molecule is CNCc1c(S(=O)(=O)Nc2ccc(Br)cc2Cl)n[nH]c1C. The normalized spacial score (nSPS) is 11.6. The Labute approximate surface area is 136 Å². The fraction of sp³-hybridized carbons (Fsp3) is 0.250. The predicted octanol–water partition coefficient (Wildman–Crippen LogP) is 2.65. The first kappa shape index (κ1) is 16.3. The summed E-state index contributed by atoms with van der Waals surface area (Å²) in [7, 11) is -2.07. The average Bonchev–Trinajstić information content (AvgIpc) is 2.76. The average molecular weight is 394 g/mol. The summed E-state index contributed by atoms with van der Waals surface area (Å²) in [5, 5.41) is 9.76. The Bertz CT molecular complexity index is 761. The zero-order valence-corrected chi connectivity index (χ0v) is 14.5. The topological polar surface area (TPSA) is 86.9 Å². The molecule has 21 heavy (non-hydrogen) atoms. The third-order valence-corrected chi connectivity index (χ3v) is 4.96. The summed E-state index contributed by atoms with van der Waals surface area (Å²) in [6.07, 6.45) is 0. The number of aryl methyl sites for hydroxylation is 1. The molecule has 2 aromatic rings. The number of aromatic nitrogens is 2. The van der Waals surface area contributed by atoms with E-state index < -0.39 is 10.0 Å². The van der Waals surface area contributed by atoms with E-state index in [1.165, 1.54) is 0 Å². The molecule has 3 N–H and O–H groups in total. The monoisotopic (exact) mass is 392 g/mol. The van der Waals surface area contributed by atoms with Gasteiger partial charge >= 0.3 is 0 Å². The van der Waals surface area contributed by atoms with Crippen LogP contribution in [-0.2, 0) is 16.6 Å². The highest BCUT2D eigenvalue weighted by Gasteiger charge is 2.24. The first-order valence-corrected chi connectivity index (χ1v) is 8.67. The second-order valence-corrected chi connectivity index (χ2v) is 7.31. The van der Waals surface area contributed by atoms with Crippen molar-refractivity contribution in [2.75, 3.05) is 11.8 Å². The summed E-state index contributed by atoms with van der Waals surface area (Å²) in [5.74, 6) is 0. The van der Waals surface area contributed by atoms with E-state index in [2.05, 4.69) is 36.2 Å². The maximum absolute atomic E-state index is 12.5. The lowest BCUT2D eigenvalue weighted by atomic mass is 10.3. The van der Waals surface area contributed by atoms with Crippen LogP contribution >= 0.6 is 27.5 Å². The highest BCUT2D eigenvalue weighted by Crippen LogP contribution is 2.28. The molecular weight excluding hydrogens is 380 g/mol. The maximum Gasteiger partial charge on any atom is 0.281 e. The summed E-state index contributed by atoms with van der Waals surface area (Å²) in [6, 6.07) is 4.90. The highest BCUT2D eigenvalue weighted by molar-refractivity contribution is 9.10. The van der Waals surface area contributed by atoms with E-state index in [4.69, 9.17) is 11.6 Å². The molecule has 0 aliphatic heterocycles. The Morgan fingerprint density at radius 1 is 1.43 bits per heavy atom. The van der Waals surface area contributed by atoms with E-state index in [9.17, 15) is 8.42 Å². The zero-order chi connectivity index (χ0) is 15.6. The van der Waals surface area contributed by atoms with Gasteiger partial charge in [-0.2, -0.15) is 13.5 Å². The molecule has 0 saturated heterocycles. The minimum absolute atomic E-state index is 0.0339. The number of hydrogen-bond donors (Lipinski definition) is 3. The van der Waals surface area contributed by atoms with Crippen molar-refractivity contribution in [2.24, 2.45) is 0 Å². The van der Waals surface area contributed by atoms with Crippen molar-refractivity contribution in [3.63, 3.8) is 0 Å². The maximum atomic E-state index is 12.5. The Balaban J connectivity index is 2.39. The Morgan fingerprint density at radius 3 is 2.76 bits per heavy atom. The molecule has 0 aliphatic rings. The molecule has 0 radical (unpaired) electrons. The van der Waals surface area contributed by atoms with Crippen molar-refractivity contribution >= 4 is 43.2 Å². The molecule has 1 aromatic heterocycles. The molecule has 0 fully saturated rings. The van der Waals surface area contributed by atoms with Gasteiger partial charge in [0, 0.05) is 22.3 Å². The number of nitrogens with zero attached hydrogens (tertiary/aromatic N) is 1. The number of anilines is 1. The van der Waals surface area contributed by atoms with Crippen LogP contribution in [0, 0.1) is 6.92 Å². The second kappa shape index (κ2) is 6.35. The number of rotatable bonds is 5. The number of H-pyrrole nitrogens is 1. The van der Waals surface area contributed by atoms with Gasteiger partial charge in [0.25, 0.3) is 10.0 Å². The number of hydrogen-bond acceptors (Lipinski definition) is 4. The fourth-order valence-corrected chi connectivity index (χ4v) is 3.86. The zero-order valence-electron chi connectivity index (χ0n) is 11.4. The number of benzene rings is 1. The van der Waals surface area contributed by atoms with Crippen LogP contribution in [-0.4, -0.2) is 25.7 Å². The second-order valence-electron chi connectivity index (χ2n) is 4.39. The molecule has 6 nitrogen and oxygen atoms in total. The van der Waals surface area contributed by atoms with Gasteiger partial charge in [-0.05, 0) is 32.2 Å². The van der Waals surface area contributed by atoms with E-state index in [0.29, 0.717) is 28.5 Å². The van der Waals surface area contributed by atoms with Crippen LogP contribution in [0.1, 0.15) is 11.3 Å². The minimum Gasteiger partial charge on any atom is -0.316 e. The first-order valence-electron chi connectivity index (χ1n) is 6.01. The number of aromatic amines is 1. The van der Waals surface area contributed by atoms with Crippen molar-refractivity contribution in [1.29, 1.82) is 0 Å². The Kier molecular flexibility index (Phi) is 4.92. The van der Waals surface area contributed by atoms with Gasteiger partial charge in [-0.3, -0.25) is 9.82 Å². The van der Waals surface area contributed by atoms with Gasteiger partial charge in [-0.25, -0.2) is 0 Å². The first-order chi connectivity index (χ1) is 9.85. The Hall–Kier alpha value is -1.09. The molecule has 0 amide bonds. The van der Waals surface area contributed by atoms with Crippen LogP contribution in [0.4, 0.5) is 5.69 Å². The predicted molar refractivity (Wildman–Crippen MR) is 86.0 cm³/mol. The summed E-state index contributed by atoms with van der Waals surface area (Å²) in [5.41, 5.74) is 1.60. The van der Waals surface area contributed by atoms with Crippen LogP contribution in [0.2, 0.25) is 5.02 Å². The minimum atomic E-state index is -3.81. The van der Waals surface area contributed by atoms with Crippen molar-refractivity contribution in [1.82, 2.24) is 15.5 Å².